The van der Waals surface area contributed by atoms with E-state index in [0.717, 1.165) is 18.7 Å². The fraction of sp³-hybridized carbons (Fsp3) is 0.633. The second-order valence-corrected chi connectivity index (χ2v) is 17.2. The second-order valence-electron chi connectivity index (χ2n) is 12.4. The first-order chi connectivity index (χ1) is 16.7. The maximum absolute atomic E-state index is 12.8. The Morgan fingerprint density at radius 1 is 1.17 bits per heavy atom. The van der Waals surface area contributed by atoms with Crippen molar-refractivity contribution in [1.82, 2.24) is 9.80 Å². The Balaban J connectivity index is 2.31. The van der Waals surface area contributed by atoms with Crippen LogP contribution in [0.5, 0.6) is 0 Å². The van der Waals surface area contributed by atoms with Gasteiger partial charge < -0.3 is 14.1 Å². The third kappa shape index (κ3) is 7.80. The van der Waals surface area contributed by atoms with Crippen LogP contribution in [0.3, 0.4) is 0 Å². The Kier molecular flexibility index (Phi) is 10.6. The SMILES string of the molecule is C=C(C)[C@@H]1CN(Cc2ccccc2)[C@H](CO[Si](C)(C)C(C)(C)C)[C@@H]1/C=C\OC(=O)N(C(C)C)C(C)C. The first-order valence-electron chi connectivity index (χ1n) is 13.4. The summed E-state index contributed by atoms with van der Waals surface area (Å²) in [5, 5.41) is 0.141. The van der Waals surface area contributed by atoms with E-state index in [2.05, 4.69) is 88.7 Å². The van der Waals surface area contributed by atoms with Crippen molar-refractivity contribution in [2.24, 2.45) is 11.8 Å². The maximum Gasteiger partial charge on any atom is 0.415 e. The monoisotopic (exact) mass is 514 g/mol. The van der Waals surface area contributed by atoms with Crippen LogP contribution in [-0.4, -0.2) is 55.5 Å². The van der Waals surface area contributed by atoms with E-state index in [1.165, 1.54) is 5.56 Å². The molecule has 1 heterocycles. The number of hydrogen-bond donors (Lipinski definition) is 0. The third-order valence-electron chi connectivity index (χ3n) is 7.88. The van der Waals surface area contributed by atoms with E-state index < -0.39 is 8.32 Å². The van der Waals surface area contributed by atoms with Crippen LogP contribution >= 0.6 is 0 Å². The summed E-state index contributed by atoms with van der Waals surface area (Å²) in [6.07, 6.45) is 3.36. The summed E-state index contributed by atoms with van der Waals surface area (Å²) in [4.78, 5) is 17.1. The predicted molar refractivity (Wildman–Crippen MR) is 153 cm³/mol. The third-order valence-corrected chi connectivity index (χ3v) is 12.4. The lowest BCUT2D eigenvalue weighted by atomic mass is 9.86. The van der Waals surface area contributed by atoms with Gasteiger partial charge in [-0.25, -0.2) is 4.79 Å². The summed E-state index contributed by atoms with van der Waals surface area (Å²) in [6.45, 7) is 28.3. The van der Waals surface area contributed by atoms with Crippen LogP contribution in [0.1, 0.15) is 61.0 Å². The molecule has 2 rings (SSSR count). The van der Waals surface area contributed by atoms with Gasteiger partial charge in [0.05, 0.1) is 12.9 Å². The van der Waals surface area contributed by atoms with E-state index >= 15 is 0 Å². The highest BCUT2D eigenvalue weighted by Gasteiger charge is 2.44. The molecule has 0 saturated carbocycles. The quantitative estimate of drug-likeness (QED) is 0.184. The van der Waals surface area contributed by atoms with Crippen molar-refractivity contribution in [2.75, 3.05) is 13.2 Å². The van der Waals surface area contributed by atoms with Crippen molar-refractivity contribution in [1.29, 1.82) is 0 Å². The Labute approximate surface area is 221 Å². The van der Waals surface area contributed by atoms with E-state index in [0.29, 0.717) is 6.61 Å². The molecule has 3 atom stereocenters. The molecule has 0 aliphatic carbocycles. The minimum atomic E-state index is -1.93. The first kappa shape index (κ1) is 30.3. The van der Waals surface area contributed by atoms with Crippen LogP contribution in [0.25, 0.3) is 0 Å². The summed E-state index contributed by atoms with van der Waals surface area (Å²) >= 11 is 0. The summed E-state index contributed by atoms with van der Waals surface area (Å²) < 4.78 is 12.4. The zero-order valence-corrected chi connectivity index (χ0v) is 25.4. The molecule has 0 bridgehead atoms. The highest BCUT2D eigenvalue weighted by atomic mass is 28.4. The van der Waals surface area contributed by atoms with Crippen molar-refractivity contribution >= 4 is 14.4 Å². The molecule has 0 spiro atoms. The fourth-order valence-corrected chi connectivity index (χ4v) is 5.78. The molecule has 0 N–H and O–H groups in total. The Bertz CT molecular complexity index is 881. The van der Waals surface area contributed by atoms with Gasteiger partial charge in [-0.1, -0.05) is 63.3 Å². The van der Waals surface area contributed by atoms with Crippen LogP contribution in [0.4, 0.5) is 4.79 Å². The number of carbonyl (C=O) groups is 1. The van der Waals surface area contributed by atoms with E-state index in [4.69, 9.17) is 9.16 Å². The molecular formula is C30H50N2O3Si. The molecule has 0 unspecified atom stereocenters. The van der Waals surface area contributed by atoms with Gasteiger partial charge >= 0.3 is 6.09 Å². The number of nitrogens with zero attached hydrogens (tertiary/aromatic N) is 2. The first-order valence-corrected chi connectivity index (χ1v) is 16.3. The predicted octanol–water partition coefficient (Wildman–Crippen LogP) is 7.47. The lowest BCUT2D eigenvalue weighted by Gasteiger charge is -2.38. The molecule has 1 aliphatic rings. The molecule has 0 aromatic heterocycles. The fourth-order valence-electron chi connectivity index (χ4n) is 4.76. The van der Waals surface area contributed by atoms with E-state index in [1.807, 2.05) is 27.7 Å². The summed E-state index contributed by atoms with van der Waals surface area (Å²) in [5.41, 5.74) is 2.44. The van der Waals surface area contributed by atoms with Gasteiger partial charge in [0.25, 0.3) is 0 Å². The molecular weight excluding hydrogens is 464 g/mol. The minimum absolute atomic E-state index is 0.0765. The Morgan fingerprint density at radius 2 is 1.75 bits per heavy atom. The molecule has 202 valence electrons. The standard InChI is InChI=1S/C30H50N2O3Si/c1-22(2)27-20-31(19-25-15-13-12-14-16-25)28(21-35-36(10,11)30(7,8)9)26(27)17-18-34-29(33)32(23(3)4)24(5)6/h12-18,23-24,26-28H,1,19-21H2,2-11H3/b18-17-/t26-,27+,28-/m1/s1. The number of likely N-dealkylation sites (tertiary alicyclic amines) is 1. The number of amides is 1. The van der Waals surface area contributed by atoms with Gasteiger partial charge in [-0.3, -0.25) is 4.90 Å². The average Bonchev–Trinajstić information content (AvgIpc) is 3.09. The summed E-state index contributed by atoms with van der Waals surface area (Å²) in [7, 11) is -1.93. The molecule has 1 aromatic rings. The van der Waals surface area contributed by atoms with Gasteiger partial charge in [-0.05, 0) is 70.3 Å². The largest absolute Gasteiger partial charge is 0.418 e. The van der Waals surface area contributed by atoms with Crippen molar-refractivity contribution in [2.45, 2.75) is 98.2 Å². The maximum atomic E-state index is 12.8. The normalized spacial score (nSPS) is 21.5. The highest BCUT2D eigenvalue weighted by Crippen LogP contribution is 2.40. The number of ether oxygens (including phenoxy) is 1. The molecule has 1 amide bonds. The zero-order valence-electron chi connectivity index (χ0n) is 24.4. The Morgan fingerprint density at radius 3 is 2.25 bits per heavy atom. The highest BCUT2D eigenvalue weighted by molar-refractivity contribution is 6.74. The summed E-state index contributed by atoms with van der Waals surface area (Å²) in [6, 6.07) is 10.9. The van der Waals surface area contributed by atoms with Crippen LogP contribution in [0.15, 0.2) is 54.8 Å². The minimum Gasteiger partial charge on any atom is -0.418 e. The van der Waals surface area contributed by atoms with Crippen molar-refractivity contribution in [3.05, 3.63) is 60.4 Å². The average molecular weight is 515 g/mol. The molecule has 6 heteroatoms. The number of rotatable bonds is 10. The van der Waals surface area contributed by atoms with Crippen LogP contribution in [0.2, 0.25) is 18.1 Å². The lowest BCUT2D eigenvalue weighted by molar-refractivity contribution is 0.108. The van der Waals surface area contributed by atoms with Crippen LogP contribution in [0, 0.1) is 11.8 Å². The van der Waals surface area contributed by atoms with E-state index in [9.17, 15) is 4.79 Å². The molecule has 0 radical (unpaired) electrons. The number of benzene rings is 1. The number of hydrogen-bond acceptors (Lipinski definition) is 4. The Hall–Kier alpha value is -1.89. The second kappa shape index (κ2) is 12.6. The van der Waals surface area contributed by atoms with Crippen LogP contribution < -0.4 is 0 Å². The molecule has 5 nitrogen and oxygen atoms in total. The molecule has 1 saturated heterocycles. The molecule has 1 aliphatic heterocycles. The van der Waals surface area contributed by atoms with Gasteiger partial charge in [-0.15, -0.1) is 0 Å². The van der Waals surface area contributed by atoms with Crippen molar-refractivity contribution in [3.63, 3.8) is 0 Å². The van der Waals surface area contributed by atoms with Crippen molar-refractivity contribution in [3.8, 4) is 0 Å². The van der Waals surface area contributed by atoms with Gasteiger partial charge in [0.2, 0.25) is 0 Å². The molecule has 36 heavy (non-hydrogen) atoms. The smallest absolute Gasteiger partial charge is 0.415 e. The number of carbonyl (C=O) groups excluding carboxylic acids is 1. The topological polar surface area (TPSA) is 42.0 Å². The van der Waals surface area contributed by atoms with E-state index in [-0.39, 0.29) is 41.1 Å². The molecule has 1 fully saturated rings. The van der Waals surface area contributed by atoms with Gasteiger partial charge in [-0.2, -0.15) is 0 Å². The summed E-state index contributed by atoms with van der Waals surface area (Å²) in [5.74, 6) is 0.415. The van der Waals surface area contributed by atoms with E-state index in [1.54, 1.807) is 11.2 Å². The zero-order chi connectivity index (χ0) is 27.3. The van der Waals surface area contributed by atoms with Crippen LogP contribution in [-0.2, 0) is 15.7 Å². The van der Waals surface area contributed by atoms with Gasteiger partial charge in [0.1, 0.15) is 0 Å². The lowest BCUT2D eigenvalue weighted by Crippen LogP contribution is -2.45. The van der Waals surface area contributed by atoms with Gasteiger partial charge in [0, 0.05) is 37.1 Å². The van der Waals surface area contributed by atoms with Gasteiger partial charge in [0.15, 0.2) is 8.32 Å². The van der Waals surface area contributed by atoms with Crippen molar-refractivity contribution < 1.29 is 14.0 Å². The molecule has 1 aromatic carbocycles.